The molecule has 0 aliphatic carbocycles. The molecule has 0 N–H and O–H groups in total. The fourth-order valence-electron chi connectivity index (χ4n) is 0.502. The second-order valence-corrected chi connectivity index (χ2v) is 2.32. The standard InChI is InChI=1S/C7H11F3O4/c1-12-2-3-13-4-6(11)14-5-7(8,9)10/h2-5H2,1H3. The molecule has 0 amide bonds. The number of halogens is 3. The van der Waals surface area contributed by atoms with Crippen LogP contribution >= 0.6 is 0 Å². The van der Waals surface area contributed by atoms with Crippen molar-refractivity contribution in [3.05, 3.63) is 0 Å². The van der Waals surface area contributed by atoms with Gasteiger partial charge in [-0.05, 0) is 0 Å². The molecule has 0 aliphatic rings. The quantitative estimate of drug-likeness (QED) is 0.485. The minimum atomic E-state index is -4.50. The summed E-state index contributed by atoms with van der Waals surface area (Å²) in [5.41, 5.74) is 0. The summed E-state index contributed by atoms with van der Waals surface area (Å²) < 4.78 is 47.6. The Morgan fingerprint density at radius 3 is 2.43 bits per heavy atom. The Kier molecular flexibility index (Phi) is 6.22. The van der Waals surface area contributed by atoms with E-state index in [2.05, 4.69) is 14.2 Å². The molecule has 0 radical (unpaired) electrons. The maximum atomic E-state index is 11.5. The minimum absolute atomic E-state index is 0.137. The lowest BCUT2D eigenvalue weighted by atomic mass is 10.6. The zero-order chi connectivity index (χ0) is 11.0. The summed E-state index contributed by atoms with van der Waals surface area (Å²) in [7, 11) is 1.44. The Hall–Kier alpha value is -0.820. The van der Waals surface area contributed by atoms with Crippen LogP contribution in [0.15, 0.2) is 0 Å². The number of hydrogen-bond donors (Lipinski definition) is 0. The molecule has 0 atom stereocenters. The number of rotatable bonds is 6. The smallest absolute Gasteiger partial charge is 0.422 e. The summed E-state index contributed by atoms with van der Waals surface area (Å²) in [5.74, 6) is -1.04. The normalized spacial score (nSPS) is 11.4. The van der Waals surface area contributed by atoms with Crippen LogP contribution in [0.1, 0.15) is 0 Å². The van der Waals surface area contributed by atoms with Crippen molar-refractivity contribution in [2.75, 3.05) is 33.5 Å². The van der Waals surface area contributed by atoms with Gasteiger partial charge in [0, 0.05) is 7.11 Å². The van der Waals surface area contributed by atoms with Crippen molar-refractivity contribution < 1.29 is 32.2 Å². The van der Waals surface area contributed by atoms with Gasteiger partial charge in [0.25, 0.3) is 0 Å². The van der Waals surface area contributed by atoms with E-state index in [-0.39, 0.29) is 13.2 Å². The lowest BCUT2D eigenvalue weighted by Gasteiger charge is -2.07. The zero-order valence-electron chi connectivity index (χ0n) is 7.60. The average molecular weight is 216 g/mol. The van der Waals surface area contributed by atoms with Gasteiger partial charge in [0.15, 0.2) is 6.61 Å². The highest BCUT2D eigenvalue weighted by Gasteiger charge is 2.29. The van der Waals surface area contributed by atoms with Crippen LogP contribution in [-0.4, -0.2) is 45.7 Å². The highest BCUT2D eigenvalue weighted by atomic mass is 19.4. The van der Waals surface area contributed by atoms with Gasteiger partial charge in [0.2, 0.25) is 0 Å². The lowest BCUT2D eigenvalue weighted by Crippen LogP contribution is -2.23. The Morgan fingerprint density at radius 1 is 1.29 bits per heavy atom. The molecule has 84 valence electrons. The minimum Gasteiger partial charge on any atom is -0.454 e. The fraction of sp³-hybridized carbons (Fsp3) is 0.857. The summed E-state index contributed by atoms with van der Waals surface area (Å²) in [6.45, 7) is -1.68. The number of alkyl halides is 3. The van der Waals surface area contributed by atoms with Crippen LogP contribution in [0.4, 0.5) is 13.2 Å². The van der Waals surface area contributed by atoms with E-state index in [1.54, 1.807) is 0 Å². The SMILES string of the molecule is COCCOCC(=O)OCC(F)(F)F. The van der Waals surface area contributed by atoms with E-state index >= 15 is 0 Å². The number of methoxy groups -OCH3 is 1. The number of carbonyl (C=O) groups is 1. The maximum absolute atomic E-state index is 11.5. The van der Waals surface area contributed by atoms with Crippen LogP contribution in [0.5, 0.6) is 0 Å². The largest absolute Gasteiger partial charge is 0.454 e. The molecule has 7 heteroatoms. The third-order valence-corrected chi connectivity index (χ3v) is 1.05. The first-order chi connectivity index (χ1) is 6.45. The van der Waals surface area contributed by atoms with Crippen LogP contribution in [0.3, 0.4) is 0 Å². The summed E-state index contributed by atoms with van der Waals surface area (Å²) in [6.07, 6.45) is -4.50. The van der Waals surface area contributed by atoms with Gasteiger partial charge in [-0.3, -0.25) is 0 Å². The van der Waals surface area contributed by atoms with Crippen molar-refractivity contribution in [1.29, 1.82) is 0 Å². The van der Waals surface area contributed by atoms with Gasteiger partial charge < -0.3 is 14.2 Å². The van der Waals surface area contributed by atoms with Crippen molar-refractivity contribution in [3.8, 4) is 0 Å². The molecule has 0 aromatic heterocycles. The summed E-state index contributed by atoms with van der Waals surface area (Å²) in [5, 5.41) is 0. The van der Waals surface area contributed by atoms with Gasteiger partial charge in [-0.2, -0.15) is 13.2 Å². The Labute approximate surface area is 78.9 Å². The van der Waals surface area contributed by atoms with E-state index < -0.39 is 25.4 Å². The van der Waals surface area contributed by atoms with Crippen molar-refractivity contribution in [2.45, 2.75) is 6.18 Å². The van der Waals surface area contributed by atoms with E-state index in [4.69, 9.17) is 0 Å². The molecule has 0 saturated heterocycles. The first-order valence-electron chi connectivity index (χ1n) is 3.75. The Morgan fingerprint density at radius 2 is 1.93 bits per heavy atom. The molecule has 0 aromatic rings. The Balaban J connectivity index is 3.38. The van der Waals surface area contributed by atoms with Gasteiger partial charge in [-0.1, -0.05) is 0 Å². The number of esters is 1. The molecule has 0 rings (SSSR count). The van der Waals surface area contributed by atoms with Crippen molar-refractivity contribution in [1.82, 2.24) is 0 Å². The number of carbonyl (C=O) groups excluding carboxylic acids is 1. The first-order valence-corrected chi connectivity index (χ1v) is 3.75. The van der Waals surface area contributed by atoms with E-state index in [1.807, 2.05) is 0 Å². The molecule has 0 bridgehead atoms. The van der Waals surface area contributed by atoms with Crippen LogP contribution < -0.4 is 0 Å². The van der Waals surface area contributed by atoms with Gasteiger partial charge in [-0.15, -0.1) is 0 Å². The lowest BCUT2D eigenvalue weighted by molar-refractivity contribution is -0.189. The highest BCUT2D eigenvalue weighted by molar-refractivity contribution is 5.70. The molecule has 0 unspecified atom stereocenters. The molecule has 14 heavy (non-hydrogen) atoms. The Bertz CT molecular complexity index is 169. The second-order valence-electron chi connectivity index (χ2n) is 2.32. The first kappa shape index (κ1) is 13.2. The summed E-state index contributed by atoms with van der Waals surface area (Å²) in [6, 6.07) is 0. The topological polar surface area (TPSA) is 44.8 Å². The van der Waals surface area contributed by atoms with Gasteiger partial charge in [0.05, 0.1) is 13.2 Å². The predicted octanol–water partition coefficient (Wildman–Crippen LogP) is 0.755. The van der Waals surface area contributed by atoms with E-state index in [9.17, 15) is 18.0 Å². The monoisotopic (exact) mass is 216 g/mol. The van der Waals surface area contributed by atoms with Crippen LogP contribution in [-0.2, 0) is 19.0 Å². The van der Waals surface area contributed by atoms with Gasteiger partial charge in [0.1, 0.15) is 6.61 Å². The molecule has 0 aliphatic heterocycles. The highest BCUT2D eigenvalue weighted by Crippen LogP contribution is 2.14. The van der Waals surface area contributed by atoms with E-state index in [0.29, 0.717) is 0 Å². The molecular formula is C7H11F3O4. The third kappa shape index (κ3) is 9.27. The van der Waals surface area contributed by atoms with Crippen LogP contribution in [0, 0.1) is 0 Å². The van der Waals surface area contributed by atoms with Crippen molar-refractivity contribution in [3.63, 3.8) is 0 Å². The molecule has 0 fully saturated rings. The number of ether oxygens (including phenoxy) is 3. The average Bonchev–Trinajstić information content (AvgIpc) is 2.08. The maximum Gasteiger partial charge on any atom is 0.422 e. The van der Waals surface area contributed by atoms with Crippen molar-refractivity contribution >= 4 is 5.97 Å². The fourth-order valence-corrected chi connectivity index (χ4v) is 0.502. The molecule has 0 aromatic carbocycles. The van der Waals surface area contributed by atoms with Crippen LogP contribution in [0.25, 0.3) is 0 Å². The van der Waals surface area contributed by atoms with Gasteiger partial charge in [-0.25, -0.2) is 4.79 Å². The summed E-state index contributed by atoms with van der Waals surface area (Å²) in [4.78, 5) is 10.6. The molecule has 0 heterocycles. The van der Waals surface area contributed by atoms with Gasteiger partial charge >= 0.3 is 12.1 Å². The molecule has 4 nitrogen and oxygen atoms in total. The number of hydrogen-bond acceptors (Lipinski definition) is 4. The molecule has 0 spiro atoms. The predicted molar refractivity (Wildman–Crippen MR) is 39.7 cm³/mol. The second kappa shape index (κ2) is 6.61. The van der Waals surface area contributed by atoms with Crippen LogP contribution in [0.2, 0.25) is 0 Å². The summed E-state index contributed by atoms with van der Waals surface area (Å²) >= 11 is 0. The molecule has 0 saturated carbocycles. The molecular weight excluding hydrogens is 205 g/mol. The van der Waals surface area contributed by atoms with E-state index in [1.165, 1.54) is 7.11 Å². The van der Waals surface area contributed by atoms with Crippen molar-refractivity contribution in [2.24, 2.45) is 0 Å². The van der Waals surface area contributed by atoms with E-state index in [0.717, 1.165) is 0 Å². The zero-order valence-corrected chi connectivity index (χ0v) is 7.60. The third-order valence-electron chi connectivity index (χ3n) is 1.05.